The average molecular weight is 239 g/mol. The minimum atomic E-state index is -0.314. The number of carbonyl (C=O) groups is 1. The smallest absolute Gasteiger partial charge is 0.334 e. The largest absolute Gasteiger partial charge is 0.463 e. The minimum Gasteiger partial charge on any atom is -0.463 e. The Kier molecular flexibility index (Phi) is 5.82. The third kappa shape index (κ3) is 4.59. The van der Waals surface area contributed by atoms with Crippen molar-refractivity contribution in [3.05, 3.63) is 34.5 Å². The summed E-state index contributed by atoms with van der Waals surface area (Å²) in [5.74, 6) is -0.314. The van der Waals surface area contributed by atoms with Gasteiger partial charge in [0.1, 0.15) is 0 Å². The molecule has 1 heterocycles. The molecule has 1 rings (SSSR count). The summed E-state index contributed by atoms with van der Waals surface area (Å²) in [4.78, 5) is 12.5. The number of ether oxygens (including phenoxy) is 1. The molecule has 0 saturated heterocycles. The second-order valence-electron chi connectivity index (χ2n) is 3.33. The lowest BCUT2D eigenvalue weighted by molar-refractivity contribution is -0.138. The molecule has 0 unspecified atom stereocenters. The zero-order valence-corrected chi connectivity index (χ0v) is 10.3. The Morgan fingerprint density at radius 3 is 3.06 bits per heavy atom. The molecule has 0 atom stereocenters. The van der Waals surface area contributed by atoms with Crippen LogP contribution < -0.4 is 5.32 Å². The topological polar surface area (TPSA) is 38.3 Å². The van der Waals surface area contributed by atoms with Crippen LogP contribution in [0.4, 0.5) is 0 Å². The van der Waals surface area contributed by atoms with Gasteiger partial charge in [-0.05, 0) is 24.8 Å². The van der Waals surface area contributed by atoms with Crippen molar-refractivity contribution < 1.29 is 9.53 Å². The fraction of sp³-hybridized carbons (Fsp3) is 0.417. The van der Waals surface area contributed by atoms with Crippen LogP contribution in [0, 0.1) is 0 Å². The molecule has 4 heteroatoms. The van der Waals surface area contributed by atoms with Crippen LogP contribution in [0.3, 0.4) is 0 Å². The van der Waals surface area contributed by atoms with Crippen molar-refractivity contribution in [3.8, 4) is 0 Å². The molecule has 0 amide bonds. The predicted octanol–water partition coefficient (Wildman–Crippen LogP) is 2.00. The molecule has 0 saturated carbocycles. The average Bonchev–Trinajstić information content (AvgIpc) is 2.77. The van der Waals surface area contributed by atoms with Crippen LogP contribution in [0.5, 0.6) is 0 Å². The van der Waals surface area contributed by atoms with Crippen LogP contribution >= 0.6 is 11.3 Å². The predicted molar refractivity (Wildman–Crippen MR) is 66.7 cm³/mol. The number of carbonyl (C=O) groups excluding carboxylic acids is 1. The summed E-state index contributed by atoms with van der Waals surface area (Å²) in [6.45, 7) is 7.19. The zero-order valence-electron chi connectivity index (χ0n) is 9.49. The van der Waals surface area contributed by atoms with E-state index in [1.165, 1.54) is 4.88 Å². The van der Waals surface area contributed by atoms with Gasteiger partial charge in [-0.15, -0.1) is 11.3 Å². The molecule has 0 spiro atoms. The molecule has 1 aromatic heterocycles. The maximum atomic E-state index is 11.2. The van der Waals surface area contributed by atoms with Crippen molar-refractivity contribution in [1.29, 1.82) is 0 Å². The van der Waals surface area contributed by atoms with Gasteiger partial charge in [-0.3, -0.25) is 0 Å². The summed E-state index contributed by atoms with van der Waals surface area (Å²) in [5.41, 5.74) is 0.480. The molecular weight excluding hydrogens is 222 g/mol. The molecule has 1 N–H and O–H groups in total. The van der Waals surface area contributed by atoms with E-state index in [1.807, 2.05) is 6.07 Å². The van der Waals surface area contributed by atoms with Gasteiger partial charge in [0.15, 0.2) is 0 Å². The highest BCUT2D eigenvalue weighted by atomic mass is 32.1. The van der Waals surface area contributed by atoms with E-state index in [1.54, 1.807) is 18.3 Å². The van der Waals surface area contributed by atoms with E-state index in [0.717, 1.165) is 13.0 Å². The molecule has 1 aromatic rings. The first kappa shape index (κ1) is 12.9. The number of hydrogen-bond donors (Lipinski definition) is 1. The maximum absolute atomic E-state index is 11.2. The van der Waals surface area contributed by atoms with Crippen molar-refractivity contribution in [3.63, 3.8) is 0 Å². The standard InChI is InChI=1S/C12H17NO2S/c1-3-15-12(14)10(2)9-13-7-6-11-5-4-8-16-11/h4-5,8,13H,2-3,6-7,9H2,1H3. The Hall–Kier alpha value is -1.13. The Balaban J connectivity index is 2.11. The molecular formula is C12H17NO2S. The van der Waals surface area contributed by atoms with Crippen LogP contribution in [0.15, 0.2) is 29.7 Å². The molecule has 0 bridgehead atoms. The van der Waals surface area contributed by atoms with E-state index in [4.69, 9.17) is 4.74 Å². The SMILES string of the molecule is C=C(CNCCc1cccs1)C(=O)OCC. The maximum Gasteiger partial charge on any atom is 0.334 e. The molecule has 0 aliphatic carbocycles. The number of nitrogens with one attached hydrogen (secondary N) is 1. The monoisotopic (exact) mass is 239 g/mol. The van der Waals surface area contributed by atoms with Gasteiger partial charge in [-0.25, -0.2) is 4.79 Å². The molecule has 0 aliphatic heterocycles. The molecule has 3 nitrogen and oxygen atoms in total. The molecule has 0 radical (unpaired) electrons. The fourth-order valence-corrected chi connectivity index (χ4v) is 1.92. The molecule has 88 valence electrons. The van der Waals surface area contributed by atoms with Crippen LogP contribution in [-0.2, 0) is 16.0 Å². The third-order valence-electron chi connectivity index (χ3n) is 2.03. The van der Waals surface area contributed by atoms with Crippen LogP contribution in [-0.4, -0.2) is 25.7 Å². The van der Waals surface area contributed by atoms with Crippen LogP contribution in [0.25, 0.3) is 0 Å². The van der Waals surface area contributed by atoms with E-state index in [9.17, 15) is 4.79 Å². The van der Waals surface area contributed by atoms with Crippen molar-refractivity contribution in [2.75, 3.05) is 19.7 Å². The highest BCUT2D eigenvalue weighted by molar-refractivity contribution is 7.09. The Labute approximate surface area is 100 Å². The summed E-state index contributed by atoms with van der Waals surface area (Å²) in [6, 6.07) is 4.14. The van der Waals surface area contributed by atoms with Gasteiger partial charge in [-0.2, -0.15) is 0 Å². The second kappa shape index (κ2) is 7.19. The first-order chi connectivity index (χ1) is 7.74. The fourth-order valence-electron chi connectivity index (χ4n) is 1.21. The van der Waals surface area contributed by atoms with Gasteiger partial charge in [0.25, 0.3) is 0 Å². The molecule has 0 aliphatic rings. The van der Waals surface area contributed by atoms with Gasteiger partial charge in [0.05, 0.1) is 6.61 Å². The molecule has 0 fully saturated rings. The van der Waals surface area contributed by atoms with Crippen molar-refractivity contribution in [1.82, 2.24) is 5.32 Å². The quantitative estimate of drug-likeness (QED) is 0.449. The van der Waals surface area contributed by atoms with Gasteiger partial charge < -0.3 is 10.1 Å². The van der Waals surface area contributed by atoms with Gasteiger partial charge >= 0.3 is 5.97 Å². The Morgan fingerprint density at radius 2 is 2.44 bits per heavy atom. The summed E-state index contributed by atoms with van der Waals surface area (Å²) >= 11 is 1.74. The lowest BCUT2D eigenvalue weighted by Gasteiger charge is -2.06. The highest BCUT2D eigenvalue weighted by Crippen LogP contribution is 2.08. The van der Waals surface area contributed by atoms with Crippen molar-refractivity contribution in [2.24, 2.45) is 0 Å². The van der Waals surface area contributed by atoms with Crippen molar-refractivity contribution in [2.45, 2.75) is 13.3 Å². The number of hydrogen-bond acceptors (Lipinski definition) is 4. The van der Waals surface area contributed by atoms with E-state index in [2.05, 4.69) is 23.3 Å². The normalized spacial score (nSPS) is 10.1. The lowest BCUT2D eigenvalue weighted by Crippen LogP contribution is -2.23. The van der Waals surface area contributed by atoms with Gasteiger partial charge in [0, 0.05) is 23.5 Å². The summed E-state index contributed by atoms with van der Waals surface area (Å²) < 4.78 is 4.83. The Bertz CT molecular complexity index is 333. The number of rotatable bonds is 7. The Morgan fingerprint density at radius 1 is 1.62 bits per heavy atom. The number of esters is 1. The summed E-state index contributed by atoms with van der Waals surface area (Å²) in [5, 5.41) is 5.23. The minimum absolute atomic E-state index is 0.314. The number of thiophene rings is 1. The van der Waals surface area contributed by atoms with Crippen molar-refractivity contribution >= 4 is 17.3 Å². The summed E-state index contributed by atoms with van der Waals surface area (Å²) in [7, 11) is 0. The zero-order chi connectivity index (χ0) is 11.8. The first-order valence-corrected chi connectivity index (χ1v) is 6.20. The molecule has 16 heavy (non-hydrogen) atoms. The third-order valence-corrected chi connectivity index (χ3v) is 2.97. The lowest BCUT2D eigenvalue weighted by atomic mass is 10.3. The van der Waals surface area contributed by atoms with E-state index in [0.29, 0.717) is 18.7 Å². The van der Waals surface area contributed by atoms with E-state index in [-0.39, 0.29) is 5.97 Å². The van der Waals surface area contributed by atoms with Gasteiger partial charge in [-0.1, -0.05) is 12.6 Å². The van der Waals surface area contributed by atoms with Crippen LogP contribution in [0.1, 0.15) is 11.8 Å². The highest BCUT2D eigenvalue weighted by Gasteiger charge is 2.06. The van der Waals surface area contributed by atoms with E-state index < -0.39 is 0 Å². The summed E-state index contributed by atoms with van der Waals surface area (Å²) in [6.07, 6.45) is 0.980. The first-order valence-electron chi connectivity index (χ1n) is 5.32. The molecule has 0 aromatic carbocycles. The van der Waals surface area contributed by atoms with Crippen LogP contribution in [0.2, 0.25) is 0 Å². The second-order valence-corrected chi connectivity index (χ2v) is 4.36. The van der Waals surface area contributed by atoms with E-state index >= 15 is 0 Å². The van der Waals surface area contributed by atoms with Gasteiger partial charge in [0.2, 0.25) is 0 Å².